The van der Waals surface area contributed by atoms with Crippen LogP contribution in [-0.2, 0) is 9.59 Å². The van der Waals surface area contributed by atoms with E-state index in [1.807, 2.05) is 25.1 Å². The summed E-state index contributed by atoms with van der Waals surface area (Å²) in [5.74, 6) is -0.842. The zero-order valence-electron chi connectivity index (χ0n) is 11.1. The molecule has 4 nitrogen and oxygen atoms in total. The van der Waals surface area contributed by atoms with Crippen molar-refractivity contribution in [2.24, 2.45) is 5.92 Å². The second-order valence-electron chi connectivity index (χ2n) is 4.86. The molecule has 1 amide bonds. The van der Waals surface area contributed by atoms with Crippen molar-refractivity contribution >= 4 is 39.6 Å². The zero-order chi connectivity index (χ0) is 14.7. The van der Waals surface area contributed by atoms with Gasteiger partial charge in [-0.2, -0.15) is 0 Å². The highest BCUT2D eigenvalue weighted by molar-refractivity contribution is 9.10. The number of carbonyl (C=O) groups is 2. The third-order valence-corrected chi connectivity index (χ3v) is 5.03. The number of aliphatic carboxylic acids is 1. The van der Waals surface area contributed by atoms with Gasteiger partial charge in [0.15, 0.2) is 0 Å². The highest BCUT2D eigenvalue weighted by Gasteiger charge is 2.30. The van der Waals surface area contributed by atoms with Crippen molar-refractivity contribution in [3.63, 3.8) is 0 Å². The van der Waals surface area contributed by atoms with Gasteiger partial charge in [0.05, 0.1) is 11.7 Å². The Morgan fingerprint density at radius 1 is 1.50 bits per heavy atom. The van der Waals surface area contributed by atoms with Crippen LogP contribution in [0.2, 0.25) is 0 Å². The summed E-state index contributed by atoms with van der Waals surface area (Å²) in [5.41, 5.74) is 1.13. The van der Waals surface area contributed by atoms with Crippen molar-refractivity contribution in [1.29, 1.82) is 0 Å². The maximum Gasteiger partial charge on any atom is 0.308 e. The van der Waals surface area contributed by atoms with Crippen LogP contribution in [0.15, 0.2) is 27.6 Å². The van der Waals surface area contributed by atoms with E-state index in [2.05, 4.69) is 15.9 Å². The molecule has 0 saturated carbocycles. The third-order valence-electron chi connectivity index (χ3n) is 3.38. The van der Waals surface area contributed by atoms with Gasteiger partial charge in [0.2, 0.25) is 5.91 Å². The van der Waals surface area contributed by atoms with Crippen LogP contribution in [0, 0.1) is 12.8 Å². The molecule has 0 radical (unpaired) electrons. The van der Waals surface area contributed by atoms with Gasteiger partial charge < -0.3 is 10.0 Å². The van der Waals surface area contributed by atoms with E-state index in [-0.39, 0.29) is 5.91 Å². The molecule has 1 aromatic rings. The monoisotopic (exact) mass is 357 g/mol. The smallest absolute Gasteiger partial charge is 0.308 e. The van der Waals surface area contributed by atoms with Crippen LogP contribution in [0.5, 0.6) is 0 Å². The van der Waals surface area contributed by atoms with E-state index in [0.717, 1.165) is 14.9 Å². The molecule has 1 aliphatic heterocycles. The quantitative estimate of drug-likeness (QED) is 0.841. The Bertz CT molecular complexity index is 535. The molecule has 1 aromatic carbocycles. The Hall–Kier alpha value is -1.01. The van der Waals surface area contributed by atoms with Crippen molar-refractivity contribution in [3.8, 4) is 0 Å². The molecule has 1 fully saturated rings. The van der Waals surface area contributed by atoms with Crippen molar-refractivity contribution in [1.82, 2.24) is 4.90 Å². The van der Waals surface area contributed by atoms with Gasteiger partial charge in [0, 0.05) is 22.5 Å². The van der Waals surface area contributed by atoms with Crippen molar-refractivity contribution in [2.45, 2.75) is 18.2 Å². The maximum atomic E-state index is 12.1. The van der Waals surface area contributed by atoms with Crippen LogP contribution < -0.4 is 0 Å². The number of rotatable bonds is 4. The number of amides is 1. The van der Waals surface area contributed by atoms with Crippen LogP contribution >= 0.6 is 27.7 Å². The highest BCUT2D eigenvalue weighted by Crippen LogP contribution is 2.26. The lowest BCUT2D eigenvalue weighted by Gasteiger charge is -2.15. The molecule has 1 atom stereocenters. The first-order valence-electron chi connectivity index (χ1n) is 6.37. The summed E-state index contributed by atoms with van der Waals surface area (Å²) in [7, 11) is 0. The van der Waals surface area contributed by atoms with Crippen LogP contribution in [0.3, 0.4) is 0 Å². The van der Waals surface area contributed by atoms with Gasteiger partial charge in [-0.15, -0.1) is 11.8 Å². The number of aryl methyl sites for hydroxylation is 1. The lowest BCUT2D eigenvalue weighted by molar-refractivity contribution is -0.141. The van der Waals surface area contributed by atoms with Gasteiger partial charge in [0.25, 0.3) is 0 Å². The molecule has 0 bridgehead atoms. The number of nitrogens with zero attached hydrogens (tertiary/aromatic N) is 1. The Balaban J connectivity index is 1.88. The summed E-state index contributed by atoms with van der Waals surface area (Å²) >= 11 is 4.91. The fourth-order valence-corrected chi connectivity index (χ4v) is 3.58. The number of carboxylic acids is 1. The number of thioether (sulfide) groups is 1. The molecular formula is C14H16BrNO3S. The number of carboxylic acid groups (broad SMARTS) is 1. The summed E-state index contributed by atoms with van der Waals surface area (Å²) in [5, 5.41) is 8.94. The van der Waals surface area contributed by atoms with Gasteiger partial charge in [0.1, 0.15) is 0 Å². The first kappa shape index (κ1) is 15.4. The Morgan fingerprint density at radius 3 is 2.85 bits per heavy atom. The summed E-state index contributed by atoms with van der Waals surface area (Å²) in [6.45, 7) is 2.90. The van der Waals surface area contributed by atoms with E-state index in [1.54, 1.807) is 4.90 Å². The normalized spacial score (nSPS) is 18.3. The third kappa shape index (κ3) is 3.76. The maximum absolute atomic E-state index is 12.1. The highest BCUT2D eigenvalue weighted by atomic mass is 79.9. The number of halogens is 1. The van der Waals surface area contributed by atoms with E-state index in [4.69, 9.17) is 5.11 Å². The van der Waals surface area contributed by atoms with Crippen molar-refractivity contribution in [2.75, 3.05) is 18.8 Å². The molecule has 2 rings (SSSR count). The number of hydrogen-bond donors (Lipinski definition) is 1. The second kappa shape index (κ2) is 6.63. The molecule has 1 saturated heterocycles. The van der Waals surface area contributed by atoms with Crippen molar-refractivity contribution in [3.05, 3.63) is 28.2 Å². The number of likely N-dealkylation sites (tertiary alicyclic amines) is 1. The van der Waals surface area contributed by atoms with Crippen LogP contribution in [0.1, 0.15) is 12.0 Å². The number of benzene rings is 1. The summed E-state index contributed by atoms with van der Waals surface area (Å²) < 4.78 is 1.02. The van der Waals surface area contributed by atoms with Gasteiger partial charge in [-0.05, 0) is 37.1 Å². The second-order valence-corrected chi connectivity index (χ2v) is 6.79. The molecule has 20 heavy (non-hydrogen) atoms. The van der Waals surface area contributed by atoms with Gasteiger partial charge in [-0.25, -0.2) is 0 Å². The minimum Gasteiger partial charge on any atom is -0.481 e. The molecule has 0 spiro atoms. The molecule has 1 unspecified atom stereocenters. The average Bonchev–Trinajstić information content (AvgIpc) is 2.87. The number of hydrogen-bond acceptors (Lipinski definition) is 3. The van der Waals surface area contributed by atoms with E-state index in [9.17, 15) is 9.59 Å². The largest absolute Gasteiger partial charge is 0.481 e. The molecule has 1 aliphatic rings. The first-order chi connectivity index (χ1) is 9.47. The lowest BCUT2D eigenvalue weighted by atomic mass is 10.1. The van der Waals surface area contributed by atoms with Crippen molar-refractivity contribution < 1.29 is 14.7 Å². The average molecular weight is 358 g/mol. The van der Waals surface area contributed by atoms with E-state index in [1.165, 1.54) is 11.8 Å². The first-order valence-corrected chi connectivity index (χ1v) is 8.15. The summed E-state index contributed by atoms with van der Waals surface area (Å²) in [6.07, 6.45) is 0.559. The van der Waals surface area contributed by atoms with Gasteiger partial charge in [-0.3, -0.25) is 9.59 Å². The predicted octanol–water partition coefficient (Wildman–Crippen LogP) is 2.78. The van der Waals surface area contributed by atoms with Crippen LogP contribution in [0.4, 0.5) is 0 Å². The van der Waals surface area contributed by atoms with E-state index < -0.39 is 11.9 Å². The molecule has 108 valence electrons. The molecule has 0 aliphatic carbocycles. The fourth-order valence-electron chi connectivity index (χ4n) is 2.19. The lowest BCUT2D eigenvalue weighted by Crippen LogP contribution is -2.31. The molecule has 6 heteroatoms. The van der Waals surface area contributed by atoms with Gasteiger partial charge >= 0.3 is 5.97 Å². The Labute approximate surface area is 130 Å². The predicted molar refractivity (Wildman–Crippen MR) is 81.9 cm³/mol. The summed E-state index contributed by atoms with van der Waals surface area (Å²) in [6, 6.07) is 5.96. The standard InChI is InChI=1S/C14H16BrNO3S/c1-9-6-11(15)2-3-12(9)20-8-13(17)16-5-4-10(7-16)14(18)19/h2-3,6,10H,4-5,7-8H2,1H3,(H,18,19). The molecule has 1 heterocycles. The summed E-state index contributed by atoms with van der Waals surface area (Å²) in [4.78, 5) is 25.7. The zero-order valence-corrected chi connectivity index (χ0v) is 13.5. The fraction of sp³-hybridized carbons (Fsp3) is 0.429. The SMILES string of the molecule is Cc1cc(Br)ccc1SCC(=O)N1CCC(C(=O)O)C1. The minimum atomic E-state index is -0.809. The van der Waals surface area contributed by atoms with Crippen LogP contribution in [0.25, 0.3) is 0 Å². The minimum absolute atomic E-state index is 0.0149. The van der Waals surface area contributed by atoms with E-state index >= 15 is 0 Å². The molecule has 1 N–H and O–H groups in total. The topological polar surface area (TPSA) is 57.6 Å². The Kier molecular flexibility index (Phi) is 5.10. The van der Waals surface area contributed by atoms with Gasteiger partial charge in [-0.1, -0.05) is 15.9 Å². The molecular weight excluding hydrogens is 342 g/mol. The van der Waals surface area contributed by atoms with Crippen LogP contribution in [-0.4, -0.2) is 40.7 Å². The Morgan fingerprint density at radius 2 is 2.25 bits per heavy atom. The number of carbonyl (C=O) groups excluding carboxylic acids is 1. The molecule has 0 aromatic heterocycles. The van der Waals surface area contributed by atoms with E-state index in [0.29, 0.717) is 25.3 Å².